The fourth-order valence-corrected chi connectivity index (χ4v) is 1.95. The first-order valence-corrected chi connectivity index (χ1v) is 6.48. The summed E-state index contributed by atoms with van der Waals surface area (Å²) >= 11 is 0. The van der Waals surface area contributed by atoms with Gasteiger partial charge in [-0.15, -0.1) is 0 Å². The number of unbranched alkanes of at least 4 members (excludes halogenated alkanes) is 1. The molecule has 1 fully saturated rings. The summed E-state index contributed by atoms with van der Waals surface area (Å²) in [6.45, 7) is 2.84. The molecule has 0 aromatic carbocycles. The molecule has 1 heterocycles. The van der Waals surface area contributed by atoms with Crippen LogP contribution in [-0.4, -0.2) is 42.9 Å². The standard InChI is InChI=1S/C12H23N3O2/c13-7-2-1-5-11(16)14-8-6-12(17)15-9-3-4-10-15/h1-10,13H2,(H,14,16). The Morgan fingerprint density at radius 1 is 1.12 bits per heavy atom. The average Bonchev–Trinajstić information content (AvgIpc) is 2.82. The second kappa shape index (κ2) is 8.06. The lowest BCUT2D eigenvalue weighted by Gasteiger charge is -2.15. The van der Waals surface area contributed by atoms with Crippen LogP contribution in [0.2, 0.25) is 0 Å². The van der Waals surface area contributed by atoms with Crippen LogP contribution in [0.15, 0.2) is 0 Å². The van der Waals surface area contributed by atoms with Gasteiger partial charge in [-0.1, -0.05) is 0 Å². The van der Waals surface area contributed by atoms with Crippen molar-refractivity contribution in [2.75, 3.05) is 26.2 Å². The minimum Gasteiger partial charge on any atom is -0.356 e. The maximum absolute atomic E-state index is 11.6. The summed E-state index contributed by atoms with van der Waals surface area (Å²) in [5.41, 5.74) is 5.34. The molecule has 1 rings (SSSR count). The molecule has 1 aliphatic heterocycles. The highest BCUT2D eigenvalue weighted by molar-refractivity contribution is 5.79. The number of hydrogen-bond donors (Lipinski definition) is 2. The van der Waals surface area contributed by atoms with Crippen LogP contribution < -0.4 is 11.1 Å². The lowest BCUT2D eigenvalue weighted by Crippen LogP contribution is -2.32. The zero-order chi connectivity index (χ0) is 12.5. The van der Waals surface area contributed by atoms with Crippen molar-refractivity contribution in [3.05, 3.63) is 0 Å². The lowest BCUT2D eigenvalue weighted by atomic mass is 10.2. The summed E-state index contributed by atoms with van der Waals surface area (Å²) in [5, 5.41) is 2.77. The molecule has 2 amide bonds. The molecule has 17 heavy (non-hydrogen) atoms. The van der Waals surface area contributed by atoms with Crippen LogP contribution in [0.1, 0.15) is 38.5 Å². The van der Waals surface area contributed by atoms with Gasteiger partial charge in [0.05, 0.1) is 0 Å². The number of nitrogens with two attached hydrogens (primary N) is 1. The van der Waals surface area contributed by atoms with Gasteiger partial charge in [0.25, 0.3) is 0 Å². The van der Waals surface area contributed by atoms with Gasteiger partial charge >= 0.3 is 0 Å². The Bertz CT molecular complexity index is 250. The molecular weight excluding hydrogens is 218 g/mol. The number of nitrogens with one attached hydrogen (secondary N) is 1. The fraction of sp³-hybridized carbons (Fsp3) is 0.833. The number of hydrogen-bond acceptors (Lipinski definition) is 3. The highest BCUT2D eigenvalue weighted by atomic mass is 16.2. The van der Waals surface area contributed by atoms with E-state index >= 15 is 0 Å². The van der Waals surface area contributed by atoms with Gasteiger partial charge in [0, 0.05) is 32.5 Å². The van der Waals surface area contributed by atoms with Crippen LogP contribution in [0, 0.1) is 0 Å². The molecule has 5 nitrogen and oxygen atoms in total. The van der Waals surface area contributed by atoms with E-state index in [-0.39, 0.29) is 11.8 Å². The topological polar surface area (TPSA) is 75.4 Å². The molecule has 0 aromatic rings. The minimum atomic E-state index is 0.0210. The van der Waals surface area contributed by atoms with E-state index in [1.165, 1.54) is 0 Å². The van der Waals surface area contributed by atoms with Crippen molar-refractivity contribution in [3.8, 4) is 0 Å². The Kier molecular flexibility index (Phi) is 6.62. The van der Waals surface area contributed by atoms with E-state index in [9.17, 15) is 9.59 Å². The normalized spacial score (nSPS) is 15.0. The number of rotatable bonds is 7. The molecule has 0 radical (unpaired) electrons. The SMILES string of the molecule is NCCCCC(=O)NCCC(=O)N1CCCC1. The van der Waals surface area contributed by atoms with E-state index in [0.717, 1.165) is 38.8 Å². The molecule has 0 bridgehead atoms. The van der Waals surface area contributed by atoms with E-state index in [4.69, 9.17) is 5.73 Å². The summed E-state index contributed by atoms with van der Waals surface area (Å²) in [4.78, 5) is 24.9. The lowest BCUT2D eigenvalue weighted by molar-refractivity contribution is -0.130. The Morgan fingerprint density at radius 2 is 1.82 bits per heavy atom. The van der Waals surface area contributed by atoms with Gasteiger partial charge in [-0.05, 0) is 32.2 Å². The van der Waals surface area contributed by atoms with Gasteiger partial charge in [-0.2, -0.15) is 0 Å². The summed E-state index contributed by atoms with van der Waals surface area (Å²) in [7, 11) is 0. The molecular formula is C12H23N3O2. The average molecular weight is 241 g/mol. The molecule has 0 aromatic heterocycles. The molecule has 0 atom stereocenters. The Hall–Kier alpha value is -1.10. The molecule has 0 aliphatic carbocycles. The molecule has 0 spiro atoms. The van der Waals surface area contributed by atoms with Crippen LogP contribution in [0.25, 0.3) is 0 Å². The van der Waals surface area contributed by atoms with Crippen molar-refractivity contribution in [3.63, 3.8) is 0 Å². The second-order valence-corrected chi connectivity index (χ2v) is 4.43. The van der Waals surface area contributed by atoms with Crippen molar-refractivity contribution < 1.29 is 9.59 Å². The third-order valence-electron chi connectivity index (χ3n) is 2.98. The summed E-state index contributed by atoms with van der Waals surface area (Å²) < 4.78 is 0. The van der Waals surface area contributed by atoms with Gasteiger partial charge in [0.1, 0.15) is 0 Å². The summed E-state index contributed by atoms with van der Waals surface area (Å²) in [5.74, 6) is 0.178. The van der Waals surface area contributed by atoms with Gasteiger partial charge < -0.3 is 16.0 Å². The zero-order valence-corrected chi connectivity index (χ0v) is 10.4. The highest BCUT2D eigenvalue weighted by Gasteiger charge is 2.17. The Balaban J connectivity index is 2.02. The van der Waals surface area contributed by atoms with Crippen molar-refractivity contribution in [2.24, 2.45) is 5.73 Å². The van der Waals surface area contributed by atoms with E-state index in [1.54, 1.807) is 0 Å². The quantitative estimate of drug-likeness (QED) is 0.627. The molecule has 1 saturated heterocycles. The minimum absolute atomic E-state index is 0.0210. The van der Waals surface area contributed by atoms with E-state index in [0.29, 0.717) is 25.9 Å². The van der Waals surface area contributed by atoms with Crippen LogP contribution >= 0.6 is 0 Å². The predicted molar refractivity (Wildman–Crippen MR) is 66.3 cm³/mol. The first-order valence-electron chi connectivity index (χ1n) is 6.48. The maximum atomic E-state index is 11.6. The fourth-order valence-electron chi connectivity index (χ4n) is 1.95. The molecule has 0 unspecified atom stereocenters. The van der Waals surface area contributed by atoms with E-state index in [2.05, 4.69) is 5.32 Å². The first-order chi connectivity index (χ1) is 8.24. The van der Waals surface area contributed by atoms with Gasteiger partial charge in [-0.25, -0.2) is 0 Å². The molecule has 5 heteroatoms. The summed E-state index contributed by atoms with van der Waals surface area (Å²) in [6.07, 6.45) is 4.84. The third-order valence-corrected chi connectivity index (χ3v) is 2.98. The predicted octanol–water partition coefficient (Wildman–Crippen LogP) is 0.244. The highest BCUT2D eigenvalue weighted by Crippen LogP contribution is 2.08. The van der Waals surface area contributed by atoms with Crippen LogP contribution in [-0.2, 0) is 9.59 Å². The number of likely N-dealkylation sites (tertiary alicyclic amines) is 1. The molecule has 1 aliphatic rings. The van der Waals surface area contributed by atoms with Gasteiger partial charge in [0.15, 0.2) is 0 Å². The second-order valence-electron chi connectivity index (χ2n) is 4.43. The van der Waals surface area contributed by atoms with Crippen LogP contribution in [0.4, 0.5) is 0 Å². The molecule has 98 valence electrons. The van der Waals surface area contributed by atoms with Gasteiger partial charge in [-0.3, -0.25) is 9.59 Å². The number of carbonyl (C=O) groups is 2. The Morgan fingerprint density at radius 3 is 2.47 bits per heavy atom. The van der Waals surface area contributed by atoms with Crippen molar-refractivity contribution >= 4 is 11.8 Å². The number of carbonyl (C=O) groups excluding carboxylic acids is 2. The summed E-state index contributed by atoms with van der Waals surface area (Å²) in [6, 6.07) is 0. The van der Waals surface area contributed by atoms with Crippen LogP contribution in [0.3, 0.4) is 0 Å². The van der Waals surface area contributed by atoms with E-state index < -0.39 is 0 Å². The van der Waals surface area contributed by atoms with Crippen molar-refractivity contribution in [1.29, 1.82) is 0 Å². The third kappa shape index (κ3) is 5.68. The molecule has 3 N–H and O–H groups in total. The Labute approximate surface area is 103 Å². The molecule has 0 saturated carbocycles. The smallest absolute Gasteiger partial charge is 0.224 e. The number of amides is 2. The first kappa shape index (κ1) is 14.0. The van der Waals surface area contributed by atoms with Crippen molar-refractivity contribution in [1.82, 2.24) is 10.2 Å². The zero-order valence-electron chi connectivity index (χ0n) is 10.4. The van der Waals surface area contributed by atoms with Gasteiger partial charge in [0.2, 0.25) is 11.8 Å². The van der Waals surface area contributed by atoms with Crippen molar-refractivity contribution in [2.45, 2.75) is 38.5 Å². The van der Waals surface area contributed by atoms with E-state index in [1.807, 2.05) is 4.90 Å². The number of nitrogens with zero attached hydrogens (tertiary/aromatic N) is 1. The van der Waals surface area contributed by atoms with Crippen LogP contribution in [0.5, 0.6) is 0 Å². The maximum Gasteiger partial charge on any atom is 0.224 e. The monoisotopic (exact) mass is 241 g/mol. The largest absolute Gasteiger partial charge is 0.356 e.